The summed E-state index contributed by atoms with van der Waals surface area (Å²) in [6.45, 7) is 5.60. The molecule has 1 atom stereocenters. The summed E-state index contributed by atoms with van der Waals surface area (Å²) in [6, 6.07) is 15.9. The predicted molar refractivity (Wildman–Crippen MR) is 111 cm³/mol. The van der Waals surface area contributed by atoms with E-state index < -0.39 is 0 Å². The topological polar surface area (TPSA) is 54.0 Å². The molecule has 1 saturated heterocycles. The van der Waals surface area contributed by atoms with Crippen LogP contribution in [0.25, 0.3) is 0 Å². The van der Waals surface area contributed by atoms with Crippen LogP contribution in [-0.2, 0) is 6.54 Å². The Morgan fingerprint density at radius 3 is 2.54 bits per heavy atom. The van der Waals surface area contributed by atoms with Gasteiger partial charge in [-0.25, -0.2) is 4.79 Å². The molecule has 0 aliphatic carbocycles. The number of hydrogen-bond acceptors (Lipinski definition) is 4. The molecule has 28 heavy (non-hydrogen) atoms. The molecule has 1 fully saturated rings. The monoisotopic (exact) mass is 383 g/mol. The minimum atomic E-state index is -0.0821. The van der Waals surface area contributed by atoms with Crippen LogP contribution in [0.4, 0.5) is 10.5 Å². The molecular formula is C22H29N3O3. The van der Waals surface area contributed by atoms with E-state index >= 15 is 0 Å². The highest BCUT2D eigenvalue weighted by Crippen LogP contribution is 2.30. The Kier molecular flexibility index (Phi) is 6.76. The Morgan fingerprint density at radius 2 is 1.82 bits per heavy atom. The van der Waals surface area contributed by atoms with E-state index in [0.717, 1.165) is 32.6 Å². The van der Waals surface area contributed by atoms with Crippen LogP contribution in [0.3, 0.4) is 0 Å². The van der Waals surface area contributed by atoms with Crippen LogP contribution < -0.4 is 14.8 Å². The summed E-state index contributed by atoms with van der Waals surface area (Å²) in [5.41, 5.74) is 2.00. The molecule has 0 radical (unpaired) electrons. The van der Waals surface area contributed by atoms with Crippen LogP contribution in [0.15, 0.2) is 48.5 Å². The first-order valence-electron chi connectivity index (χ1n) is 9.66. The van der Waals surface area contributed by atoms with E-state index in [4.69, 9.17) is 9.47 Å². The van der Waals surface area contributed by atoms with E-state index in [0.29, 0.717) is 17.2 Å². The van der Waals surface area contributed by atoms with Gasteiger partial charge in [0.2, 0.25) is 0 Å². The molecule has 3 rings (SSSR count). The van der Waals surface area contributed by atoms with Crippen molar-refractivity contribution in [1.29, 1.82) is 0 Å². The van der Waals surface area contributed by atoms with Gasteiger partial charge in [0.05, 0.1) is 14.2 Å². The minimum absolute atomic E-state index is 0.0821. The molecule has 1 unspecified atom stereocenters. The molecule has 0 bridgehead atoms. The molecule has 1 N–H and O–H groups in total. The molecule has 1 heterocycles. The van der Waals surface area contributed by atoms with Crippen molar-refractivity contribution in [3.63, 3.8) is 0 Å². The largest absolute Gasteiger partial charge is 0.493 e. The number of carbonyl (C=O) groups is 1. The summed E-state index contributed by atoms with van der Waals surface area (Å²) >= 11 is 0. The third kappa shape index (κ3) is 4.95. The van der Waals surface area contributed by atoms with Crippen molar-refractivity contribution in [2.24, 2.45) is 0 Å². The summed E-state index contributed by atoms with van der Waals surface area (Å²) in [5.74, 6) is 1.23. The van der Waals surface area contributed by atoms with Crippen LogP contribution in [0.2, 0.25) is 0 Å². The molecule has 0 saturated carbocycles. The fraction of sp³-hybridized carbons (Fsp3) is 0.409. The van der Waals surface area contributed by atoms with Crippen molar-refractivity contribution in [1.82, 2.24) is 9.80 Å². The van der Waals surface area contributed by atoms with Crippen molar-refractivity contribution in [3.05, 3.63) is 54.1 Å². The summed E-state index contributed by atoms with van der Waals surface area (Å²) in [4.78, 5) is 17.2. The van der Waals surface area contributed by atoms with Gasteiger partial charge in [-0.15, -0.1) is 0 Å². The third-order valence-electron chi connectivity index (χ3n) is 5.07. The van der Waals surface area contributed by atoms with Crippen molar-refractivity contribution in [3.8, 4) is 11.5 Å². The number of rotatable bonds is 5. The van der Waals surface area contributed by atoms with Crippen LogP contribution in [0.5, 0.6) is 11.5 Å². The van der Waals surface area contributed by atoms with E-state index in [9.17, 15) is 4.79 Å². The van der Waals surface area contributed by atoms with Crippen molar-refractivity contribution < 1.29 is 14.3 Å². The van der Waals surface area contributed by atoms with E-state index in [-0.39, 0.29) is 12.1 Å². The molecule has 2 aromatic carbocycles. The van der Waals surface area contributed by atoms with Gasteiger partial charge in [0.25, 0.3) is 0 Å². The number of nitrogens with one attached hydrogen (secondary N) is 1. The maximum Gasteiger partial charge on any atom is 0.322 e. The molecule has 2 amide bonds. The lowest BCUT2D eigenvalue weighted by atomic mass is 10.2. The first kappa shape index (κ1) is 20.0. The van der Waals surface area contributed by atoms with Gasteiger partial charge >= 0.3 is 6.03 Å². The Morgan fingerprint density at radius 1 is 1.07 bits per heavy atom. The number of amides is 2. The predicted octanol–water partition coefficient (Wildman–Crippen LogP) is 3.83. The first-order valence-corrected chi connectivity index (χ1v) is 9.66. The summed E-state index contributed by atoms with van der Waals surface area (Å²) in [7, 11) is 3.18. The number of ether oxygens (including phenoxy) is 2. The smallest absolute Gasteiger partial charge is 0.322 e. The Hall–Kier alpha value is -2.73. The molecule has 6 heteroatoms. The quantitative estimate of drug-likeness (QED) is 0.853. The highest BCUT2D eigenvalue weighted by Gasteiger charge is 2.25. The highest BCUT2D eigenvalue weighted by molar-refractivity contribution is 5.90. The number of methoxy groups -OCH3 is 2. The summed E-state index contributed by atoms with van der Waals surface area (Å²) in [6.07, 6.45) is 0.955. The maximum absolute atomic E-state index is 12.9. The van der Waals surface area contributed by atoms with Gasteiger partial charge in [-0.2, -0.15) is 0 Å². The Bertz CT molecular complexity index is 782. The van der Waals surface area contributed by atoms with Gasteiger partial charge < -0.3 is 19.7 Å². The van der Waals surface area contributed by atoms with E-state index in [2.05, 4.69) is 41.4 Å². The Balaban J connectivity index is 1.62. The number of hydrogen-bond donors (Lipinski definition) is 1. The lowest BCUT2D eigenvalue weighted by molar-refractivity contribution is 0.184. The molecule has 1 aliphatic rings. The third-order valence-corrected chi connectivity index (χ3v) is 5.07. The average Bonchev–Trinajstić information content (AvgIpc) is 2.89. The van der Waals surface area contributed by atoms with Gasteiger partial charge in [-0.3, -0.25) is 4.90 Å². The normalized spacial score (nSPS) is 17.7. The lowest BCUT2D eigenvalue weighted by Gasteiger charge is -2.29. The summed E-state index contributed by atoms with van der Waals surface area (Å²) in [5, 5.41) is 2.99. The van der Waals surface area contributed by atoms with Gasteiger partial charge in [0.1, 0.15) is 0 Å². The number of benzene rings is 2. The molecule has 1 aliphatic heterocycles. The fourth-order valence-electron chi connectivity index (χ4n) is 3.64. The molecule has 0 spiro atoms. The van der Waals surface area contributed by atoms with Crippen LogP contribution in [0, 0.1) is 0 Å². The van der Waals surface area contributed by atoms with Crippen LogP contribution in [-0.4, -0.2) is 55.7 Å². The second kappa shape index (κ2) is 9.46. The molecule has 6 nitrogen and oxygen atoms in total. The first-order chi connectivity index (χ1) is 13.6. The highest BCUT2D eigenvalue weighted by atomic mass is 16.5. The van der Waals surface area contributed by atoms with E-state index in [1.807, 2.05) is 17.0 Å². The van der Waals surface area contributed by atoms with Gasteiger partial charge in [-0.05, 0) is 31.0 Å². The zero-order valence-corrected chi connectivity index (χ0v) is 16.9. The van der Waals surface area contributed by atoms with Crippen molar-refractivity contribution in [2.75, 3.05) is 39.2 Å². The maximum atomic E-state index is 12.9. The van der Waals surface area contributed by atoms with E-state index in [1.54, 1.807) is 26.4 Å². The van der Waals surface area contributed by atoms with Crippen molar-refractivity contribution >= 4 is 11.7 Å². The number of nitrogens with zero attached hydrogens (tertiary/aromatic N) is 2. The second-order valence-corrected chi connectivity index (χ2v) is 7.12. The lowest BCUT2D eigenvalue weighted by Crippen LogP contribution is -2.44. The Labute approximate surface area is 167 Å². The number of anilines is 1. The molecular weight excluding hydrogens is 354 g/mol. The van der Waals surface area contributed by atoms with Crippen LogP contribution >= 0.6 is 0 Å². The molecule has 0 aromatic heterocycles. The van der Waals surface area contributed by atoms with Gasteiger partial charge in [0.15, 0.2) is 11.5 Å². The zero-order valence-electron chi connectivity index (χ0n) is 16.9. The standard InChI is InChI=1S/C22H29N3O3/c1-17-15-24(16-18-8-5-4-6-9-18)12-7-13-25(17)22(26)23-19-10-11-20(27-2)21(14-19)28-3/h4-6,8-11,14,17H,7,12-13,15-16H2,1-3H3,(H,23,26). The van der Waals surface area contributed by atoms with E-state index in [1.165, 1.54) is 5.56 Å². The average molecular weight is 383 g/mol. The fourth-order valence-corrected chi connectivity index (χ4v) is 3.64. The van der Waals surface area contributed by atoms with Gasteiger partial charge in [-0.1, -0.05) is 30.3 Å². The SMILES string of the molecule is COc1ccc(NC(=O)N2CCCN(Cc3ccccc3)CC2C)cc1OC. The summed E-state index contributed by atoms with van der Waals surface area (Å²) < 4.78 is 10.6. The van der Waals surface area contributed by atoms with Crippen molar-refractivity contribution in [2.45, 2.75) is 25.9 Å². The van der Waals surface area contributed by atoms with Gasteiger partial charge in [0, 0.05) is 44.0 Å². The molecule has 150 valence electrons. The number of carbonyl (C=O) groups excluding carboxylic acids is 1. The van der Waals surface area contributed by atoms with Crippen LogP contribution in [0.1, 0.15) is 18.9 Å². The minimum Gasteiger partial charge on any atom is -0.493 e. The number of urea groups is 1. The molecule has 2 aromatic rings. The zero-order chi connectivity index (χ0) is 19.9. The second-order valence-electron chi connectivity index (χ2n) is 7.12.